The fourth-order valence-electron chi connectivity index (χ4n) is 1.16. The smallest absolute Gasteiger partial charge is 0.270 e. The molecule has 0 fully saturated rings. The largest absolute Gasteiger partial charge is 0.481 e. The van der Waals surface area contributed by atoms with E-state index in [4.69, 9.17) is 4.74 Å². The molecule has 0 saturated carbocycles. The molecule has 0 aromatic carbocycles. The summed E-state index contributed by atoms with van der Waals surface area (Å²) in [6.07, 6.45) is 5.25. The van der Waals surface area contributed by atoms with Crippen LogP contribution in [-0.4, -0.2) is 29.5 Å². The second-order valence-corrected chi connectivity index (χ2v) is 3.83. The summed E-state index contributed by atoms with van der Waals surface area (Å²) in [6, 6.07) is 1.50. The van der Waals surface area contributed by atoms with E-state index < -0.39 is 0 Å². The van der Waals surface area contributed by atoms with Crippen LogP contribution in [0.5, 0.6) is 5.88 Å². The van der Waals surface area contributed by atoms with E-state index in [1.54, 1.807) is 0 Å². The standard InChI is InChI=1S/C12H17N3O2/c1-9(2)5-4-6-13-12(16)10-7-11(17-3)15-8-14-10/h4-5,7-9H,6H2,1-3H3,(H,13,16)/b5-4+. The average Bonchev–Trinajstić information content (AvgIpc) is 2.34. The SMILES string of the molecule is COc1cc(C(=O)NC/C=C/C(C)C)ncn1. The first-order chi connectivity index (χ1) is 8.13. The van der Waals surface area contributed by atoms with Gasteiger partial charge in [-0.15, -0.1) is 0 Å². The highest BCUT2D eigenvalue weighted by Crippen LogP contribution is 2.05. The molecule has 5 nitrogen and oxygen atoms in total. The number of aromatic nitrogens is 2. The molecule has 0 aliphatic heterocycles. The van der Waals surface area contributed by atoms with Crippen LogP contribution in [0.25, 0.3) is 0 Å². The van der Waals surface area contributed by atoms with Gasteiger partial charge < -0.3 is 10.1 Å². The van der Waals surface area contributed by atoms with Gasteiger partial charge in [-0.25, -0.2) is 9.97 Å². The van der Waals surface area contributed by atoms with E-state index in [1.807, 2.05) is 12.2 Å². The first-order valence-corrected chi connectivity index (χ1v) is 5.44. The predicted octanol–water partition coefficient (Wildman–Crippen LogP) is 1.43. The molecule has 17 heavy (non-hydrogen) atoms. The Balaban J connectivity index is 2.52. The summed E-state index contributed by atoms with van der Waals surface area (Å²) in [5, 5.41) is 2.73. The predicted molar refractivity (Wildman–Crippen MR) is 64.9 cm³/mol. The maximum Gasteiger partial charge on any atom is 0.270 e. The normalized spacial score (nSPS) is 10.8. The first-order valence-electron chi connectivity index (χ1n) is 5.44. The zero-order chi connectivity index (χ0) is 12.7. The summed E-state index contributed by atoms with van der Waals surface area (Å²) in [7, 11) is 1.50. The summed E-state index contributed by atoms with van der Waals surface area (Å²) in [5.74, 6) is 0.619. The molecule has 1 amide bonds. The van der Waals surface area contributed by atoms with Crippen molar-refractivity contribution >= 4 is 5.91 Å². The molecule has 1 aromatic rings. The molecule has 5 heteroatoms. The first kappa shape index (κ1) is 13.2. The van der Waals surface area contributed by atoms with Crippen molar-refractivity contribution in [3.63, 3.8) is 0 Å². The third-order valence-electron chi connectivity index (χ3n) is 1.99. The molecule has 1 N–H and O–H groups in total. The van der Waals surface area contributed by atoms with Gasteiger partial charge in [0.15, 0.2) is 0 Å². The lowest BCUT2D eigenvalue weighted by atomic mass is 10.2. The summed E-state index contributed by atoms with van der Waals surface area (Å²) >= 11 is 0. The third kappa shape index (κ3) is 4.63. The van der Waals surface area contributed by atoms with Crippen molar-refractivity contribution in [2.75, 3.05) is 13.7 Å². The fraction of sp³-hybridized carbons (Fsp3) is 0.417. The Morgan fingerprint density at radius 1 is 1.53 bits per heavy atom. The molecule has 0 saturated heterocycles. The molecule has 0 bridgehead atoms. The molecule has 0 atom stereocenters. The number of nitrogens with zero attached hydrogens (tertiary/aromatic N) is 2. The minimum absolute atomic E-state index is 0.237. The summed E-state index contributed by atoms with van der Waals surface area (Å²) < 4.78 is 4.92. The zero-order valence-electron chi connectivity index (χ0n) is 10.3. The van der Waals surface area contributed by atoms with Gasteiger partial charge in [0.25, 0.3) is 5.91 Å². The number of methoxy groups -OCH3 is 1. The summed E-state index contributed by atoms with van der Waals surface area (Å²) in [6.45, 7) is 4.64. The number of amides is 1. The summed E-state index contributed by atoms with van der Waals surface area (Å²) in [4.78, 5) is 19.4. The van der Waals surface area contributed by atoms with Crippen molar-refractivity contribution in [1.29, 1.82) is 0 Å². The average molecular weight is 235 g/mol. The van der Waals surface area contributed by atoms with Crippen molar-refractivity contribution in [1.82, 2.24) is 15.3 Å². The number of carbonyl (C=O) groups is 1. The minimum Gasteiger partial charge on any atom is -0.481 e. The van der Waals surface area contributed by atoms with Crippen molar-refractivity contribution in [3.05, 3.63) is 30.2 Å². The lowest BCUT2D eigenvalue weighted by molar-refractivity contribution is 0.0952. The van der Waals surface area contributed by atoms with Crippen LogP contribution in [0.4, 0.5) is 0 Å². The van der Waals surface area contributed by atoms with Crippen LogP contribution >= 0.6 is 0 Å². The Hall–Kier alpha value is -1.91. The molecule has 0 aliphatic carbocycles. The van der Waals surface area contributed by atoms with Crippen LogP contribution in [0.15, 0.2) is 24.5 Å². The lowest BCUT2D eigenvalue weighted by Crippen LogP contribution is -2.24. The molecule has 1 rings (SSSR count). The number of carbonyl (C=O) groups excluding carboxylic acids is 1. The Morgan fingerprint density at radius 3 is 2.94 bits per heavy atom. The Kier molecular flexibility index (Phi) is 5.13. The maximum atomic E-state index is 11.7. The number of hydrogen-bond acceptors (Lipinski definition) is 4. The van der Waals surface area contributed by atoms with E-state index in [0.29, 0.717) is 24.0 Å². The number of hydrogen-bond donors (Lipinski definition) is 1. The molecule has 1 aromatic heterocycles. The van der Waals surface area contributed by atoms with E-state index in [-0.39, 0.29) is 5.91 Å². The van der Waals surface area contributed by atoms with Crippen molar-refractivity contribution in [3.8, 4) is 5.88 Å². The van der Waals surface area contributed by atoms with Gasteiger partial charge in [-0.3, -0.25) is 4.79 Å². The highest BCUT2D eigenvalue weighted by molar-refractivity contribution is 5.92. The van der Waals surface area contributed by atoms with Crippen LogP contribution in [0, 0.1) is 5.92 Å². The van der Waals surface area contributed by atoms with Crippen LogP contribution in [0.2, 0.25) is 0 Å². The zero-order valence-corrected chi connectivity index (χ0v) is 10.3. The molecule has 0 radical (unpaired) electrons. The highest BCUT2D eigenvalue weighted by atomic mass is 16.5. The van der Waals surface area contributed by atoms with Crippen molar-refractivity contribution in [2.24, 2.45) is 5.92 Å². The second-order valence-electron chi connectivity index (χ2n) is 3.83. The molecule has 92 valence electrons. The number of rotatable bonds is 5. The van der Waals surface area contributed by atoms with E-state index >= 15 is 0 Å². The number of nitrogens with one attached hydrogen (secondary N) is 1. The van der Waals surface area contributed by atoms with Gasteiger partial charge in [0.1, 0.15) is 12.0 Å². The maximum absolute atomic E-state index is 11.7. The number of ether oxygens (including phenoxy) is 1. The monoisotopic (exact) mass is 235 g/mol. The molecular weight excluding hydrogens is 218 g/mol. The van der Waals surface area contributed by atoms with Gasteiger partial charge in [-0.1, -0.05) is 26.0 Å². The van der Waals surface area contributed by atoms with Crippen LogP contribution in [-0.2, 0) is 0 Å². The van der Waals surface area contributed by atoms with Gasteiger partial charge in [-0.05, 0) is 5.92 Å². The van der Waals surface area contributed by atoms with Gasteiger partial charge in [0.2, 0.25) is 5.88 Å². The van der Waals surface area contributed by atoms with Gasteiger partial charge in [0.05, 0.1) is 7.11 Å². The van der Waals surface area contributed by atoms with Crippen LogP contribution < -0.4 is 10.1 Å². The number of allylic oxidation sites excluding steroid dienone is 1. The van der Waals surface area contributed by atoms with Gasteiger partial charge in [0, 0.05) is 12.6 Å². The topological polar surface area (TPSA) is 64.1 Å². The Morgan fingerprint density at radius 2 is 2.29 bits per heavy atom. The molecule has 1 heterocycles. The minimum atomic E-state index is -0.237. The fourth-order valence-corrected chi connectivity index (χ4v) is 1.16. The van der Waals surface area contributed by atoms with E-state index in [1.165, 1.54) is 19.5 Å². The van der Waals surface area contributed by atoms with E-state index in [2.05, 4.69) is 29.1 Å². The highest BCUT2D eigenvalue weighted by Gasteiger charge is 2.07. The van der Waals surface area contributed by atoms with Crippen molar-refractivity contribution in [2.45, 2.75) is 13.8 Å². The lowest BCUT2D eigenvalue weighted by Gasteiger charge is -2.03. The van der Waals surface area contributed by atoms with Gasteiger partial charge >= 0.3 is 0 Å². The molecule has 0 unspecified atom stereocenters. The molecule has 0 spiro atoms. The summed E-state index contributed by atoms with van der Waals surface area (Å²) in [5.41, 5.74) is 0.301. The second kappa shape index (κ2) is 6.62. The third-order valence-corrected chi connectivity index (χ3v) is 1.99. The van der Waals surface area contributed by atoms with Gasteiger partial charge in [-0.2, -0.15) is 0 Å². The van der Waals surface area contributed by atoms with E-state index in [0.717, 1.165) is 0 Å². The Bertz CT molecular complexity index is 402. The quantitative estimate of drug-likeness (QED) is 0.784. The molecular formula is C12H17N3O2. The van der Waals surface area contributed by atoms with Crippen molar-refractivity contribution < 1.29 is 9.53 Å². The van der Waals surface area contributed by atoms with Crippen LogP contribution in [0.1, 0.15) is 24.3 Å². The van der Waals surface area contributed by atoms with E-state index in [9.17, 15) is 4.79 Å². The Labute approximate surface area is 101 Å². The van der Waals surface area contributed by atoms with Crippen LogP contribution in [0.3, 0.4) is 0 Å². The molecule has 0 aliphatic rings.